The number of amides is 4. The van der Waals surface area contributed by atoms with Crippen LogP contribution in [0.4, 0.5) is 0 Å². The maximum Gasteiger partial charge on any atom is 0.348 e. The molecule has 3 aliphatic rings. The Morgan fingerprint density at radius 2 is 0.929 bits per heavy atom. The number of carboxylic acid groups (broad SMARTS) is 4. The number of H-pyrrole nitrogens is 2. The molecule has 12 N–H and O–H groups in total. The first kappa shape index (κ1) is 84.3. The van der Waals surface area contributed by atoms with Crippen LogP contribution < -0.4 is 22.0 Å². The molecule has 34 nitrogen and oxygen atoms in total. The van der Waals surface area contributed by atoms with Crippen molar-refractivity contribution >= 4 is 69.3 Å². The summed E-state index contributed by atoms with van der Waals surface area (Å²) in [4.78, 5) is 142. The number of aromatic hydroxyl groups is 4. The molecule has 3 saturated heterocycles. The number of aromatic nitrogens is 8. The molecule has 0 aliphatic carbocycles. The van der Waals surface area contributed by atoms with Crippen molar-refractivity contribution in [1.29, 1.82) is 0 Å². The first-order valence-corrected chi connectivity index (χ1v) is 37.6. The molecule has 11 rings (SSSR count). The summed E-state index contributed by atoms with van der Waals surface area (Å²) < 4.78 is 6.96. The van der Waals surface area contributed by atoms with E-state index in [0.717, 1.165) is 34.6 Å². The Kier molecular flexibility index (Phi) is 28.6. The number of nitrogens with zero attached hydrogens (tertiary/aromatic N) is 12. The predicted molar refractivity (Wildman–Crippen MR) is 407 cm³/mol. The Labute approximate surface area is 673 Å². The van der Waals surface area contributed by atoms with E-state index in [1.54, 1.807) is 48.8 Å². The normalized spacial score (nSPS) is 16.3. The number of phenols is 4. The van der Waals surface area contributed by atoms with E-state index < -0.39 is 97.5 Å². The Bertz CT molecular complexity index is 4820. The molecule has 4 aromatic carbocycles. The first-order valence-electron chi connectivity index (χ1n) is 37.6. The van der Waals surface area contributed by atoms with Gasteiger partial charge in [-0.25, -0.2) is 28.9 Å². The van der Waals surface area contributed by atoms with E-state index in [1.807, 2.05) is 76.5 Å². The molecular formula is C77H98LuN16O18. The fourth-order valence-electron chi connectivity index (χ4n) is 15.4. The van der Waals surface area contributed by atoms with E-state index in [1.165, 1.54) is 26.2 Å². The average Bonchev–Trinajstić information content (AvgIpc) is 1.63. The molecule has 4 aromatic heterocycles. The number of fused-ring (bicyclic) bond motifs is 2. The number of carbonyl (C=O) groups is 8. The number of piperidine rings is 2. The van der Waals surface area contributed by atoms with Crippen molar-refractivity contribution in [2.45, 2.75) is 122 Å². The van der Waals surface area contributed by atoms with Gasteiger partial charge in [0.2, 0.25) is 23.6 Å². The first-order chi connectivity index (χ1) is 53.0. The van der Waals surface area contributed by atoms with E-state index in [2.05, 4.69) is 40.2 Å². The summed E-state index contributed by atoms with van der Waals surface area (Å²) in [6.07, 6.45) is 6.76. The number of carbonyl (C=O) groups excluding carboxylic acids is 4. The van der Waals surface area contributed by atoms with Crippen LogP contribution in [0, 0.1) is 48.7 Å². The van der Waals surface area contributed by atoms with Crippen LogP contribution in [0.2, 0.25) is 0 Å². The van der Waals surface area contributed by atoms with Gasteiger partial charge in [0.05, 0.1) is 55.1 Å². The van der Waals surface area contributed by atoms with E-state index in [-0.39, 0.29) is 178 Å². The molecule has 35 heteroatoms. The number of aromatic amines is 2. The van der Waals surface area contributed by atoms with Crippen LogP contribution in [0.25, 0.3) is 56.0 Å². The summed E-state index contributed by atoms with van der Waals surface area (Å²) in [6.45, 7) is 8.99. The van der Waals surface area contributed by atoms with Crippen LogP contribution >= 0.6 is 0 Å². The van der Waals surface area contributed by atoms with Gasteiger partial charge in [-0.1, -0.05) is 27.7 Å². The number of phenolic OH excluding ortho intramolecular Hbond substituents is 4. The predicted octanol–water partition coefficient (Wildman–Crippen LogP) is 4.40. The van der Waals surface area contributed by atoms with Crippen molar-refractivity contribution < 1.29 is 116 Å². The Morgan fingerprint density at radius 3 is 1.33 bits per heavy atom. The molecule has 609 valence electrons. The summed E-state index contributed by atoms with van der Waals surface area (Å²) in [5, 5.41) is 103. The SMILES string of the molecule is CC(C)c1cc(-c2n[nH]c(=O)n2-c2ccc3c(ccn3CCC3CCN(C(=O)CNC(=O)[C@H](CC(=O)N4CCC(CCn5ccc6cc(-n7c(-c8cc(C(C)C)c(O)cc8O)n[nH]c7=O)ccc65)CC4)NC(=O)CC[C@H](C(=O)O)N4CCN(CC(=O)O)CCN(CC(=O)O)CCN(CC(=O)O)CC4)CC3)c2)c(O)cc1O.[Lu]. The number of hydrogen-bond acceptors (Lipinski definition) is 20. The van der Waals surface area contributed by atoms with Crippen LogP contribution in [0.1, 0.15) is 108 Å². The minimum Gasteiger partial charge on any atom is -0.508 e. The van der Waals surface area contributed by atoms with Crippen LogP contribution in [-0.2, 0) is 51.4 Å². The second-order valence-corrected chi connectivity index (χ2v) is 29.8. The van der Waals surface area contributed by atoms with E-state index >= 15 is 0 Å². The quantitative estimate of drug-likeness (QED) is 0.0309. The summed E-state index contributed by atoms with van der Waals surface area (Å²) in [6, 6.07) is 17.8. The summed E-state index contributed by atoms with van der Waals surface area (Å²) in [7, 11) is 0. The third-order valence-corrected chi connectivity index (χ3v) is 21.6. The number of aliphatic carboxylic acids is 4. The average molecular weight is 1710 g/mol. The van der Waals surface area contributed by atoms with Gasteiger partial charge in [0.15, 0.2) is 11.6 Å². The second kappa shape index (κ2) is 37.9. The zero-order valence-electron chi connectivity index (χ0n) is 62.9. The maximum absolute atomic E-state index is 14.4. The van der Waals surface area contributed by atoms with Gasteiger partial charge in [-0.15, -0.1) is 0 Å². The Balaban J connectivity index is 0.0000133. The monoisotopic (exact) mass is 1710 g/mol. The summed E-state index contributed by atoms with van der Waals surface area (Å²) in [5.41, 5.74) is 3.50. The minimum absolute atomic E-state index is 0. The Hall–Kier alpha value is -10.1. The number of hydrogen-bond donors (Lipinski definition) is 12. The van der Waals surface area contributed by atoms with Crippen LogP contribution in [0.5, 0.6) is 23.0 Å². The van der Waals surface area contributed by atoms with Gasteiger partial charge in [-0.05, 0) is 140 Å². The van der Waals surface area contributed by atoms with Gasteiger partial charge in [-0.3, -0.25) is 58.0 Å². The van der Waals surface area contributed by atoms with Crippen molar-refractivity contribution in [1.82, 2.24) is 78.7 Å². The number of carboxylic acids is 4. The van der Waals surface area contributed by atoms with E-state index in [0.29, 0.717) is 87.5 Å². The van der Waals surface area contributed by atoms with E-state index in [4.69, 9.17) is 0 Å². The molecule has 0 saturated carbocycles. The van der Waals surface area contributed by atoms with Crippen molar-refractivity contribution in [2.24, 2.45) is 11.8 Å². The molecule has 7 heterocycles. The molecule has 0 unspecified atom stereocenters. The zero-order valence-corrected chi connectivity index (χ0v) is 64.6. The largest absolute Gasteiger partial charge is 0.508 e. The number of likely N-dealkylation sites (tertiary alicyclic amines) is 2. The minimum atomic E-state index is -1.50. The molecule has 3 fully saturated rings. The van der Waals surface area contributed by atoms with Crippen LogP contribution in [-0.4, -0.2) is 273 Å². The molecule has 112 heavy (non-hydrogen) atoms. The molecule has 8 aromatic rings. The van der Waals surface area contributed by atoms with Gasteiger partial charge in [0, 0.05) is 181 Å². The van der Waals surface area contributed by atoms with Gasteiger partial charge in [0.25, 0.3) is 0 Å². The molecule has 2 atom stereocenters. The van der Waals surface area contributed by atoms with E-state index in [9.17, 15) is 88.8 Å². The fourth-order valence-corrected chi connectivity index (χ4v) is 15.4. The number of nitrogens with one attached hydrogen (secondary N) is 4. The third-order valence-electron chi connectivity index (χ3n) is 21.6. The molecule has 0 bridgehead atoms. The standard InChI is InChI=1S/C77H98N16O18.Lu/c1-46(2)54-37-56(64(96)40-62(54)94)72-80-82-76(110)92(72)52-5-7-59-50(35-52)17-25-87(59)19-11-48-13-21-90(22-14-48)67(99)39-58(79-66(98)10-9-61(75(108)109)89-33-31-85(44-70(103)104)29-27-84(43-69(101)102)28-30-86(32-34-89)45-71(105)106)74(107)78-42-68(100)91-23-15-49(16-24-91)12-20-88-26-18-51-36-53(6-8-60(51)88)93-73(81-83-77(93)111)57-38-55(47(3)4)63(95)41-65(57)97;/h5-8,17-18,25-26,35-38,40-41,46-49,58,61,94-97H,9-16,19-24,27-34,39,42-45H2,1-4H3,(H,78,107)(H,79,98)(H,82,110)(H,83,111)(H,101,102)(H,103,104)(H,105,106)(H,108,109);/t58-,61+;/m0./s1. The Morgan fingerprint density at radius 1 is 0.518 bits per heavy atom. The summed E-state index contributed by atoms with van der Waals surface area (Å²) in [5.74, 6) is -7.21. The molecular weight excluding hydrogens is 1610 g/mol. The van der Waals surface area contributed by atoms with Crippen molar-refractivity contribution in [3.05, 3.63) is 117 Å². The number of rotatable bonds is 29. The molecule has 0 spiro atoms. The van der Waals surface area contributed by atoms with Gasteiger partial charge in [-0.2, -0.15) is 10.2 Å². The number of benzene rings is 4. The second-order valence-electron chi connectivity index (χ2n) is 29.8. The molecule has 1 radical (unpaired) electrons. The summed E-state index contributed by atoms with van der Waals surface area (Å²) >= 11 is 0. The zero-order chi connectivity index (χ0) is 79.5. The maximum atomic E-state index is 14.4. The fraction of sp³-hybridized carbons (Fsp3) is 0.481. The molecule has 4 amide bonds. The van der Waals surface area contributed by atoms with Crippen LogP contribution in [0.15, 0.2) is 94.8 Å². The van der Waals surface area contributed by atoms with Gasteiger partial charge >= 0.3 is 35.3 Å². The van der Waals surface area contributed by atoms with Crippen molar-refractivity contribution in [3.8, 4) is 57.1 Å². The van der Waals surface area contributed by atoms with Crippen molar-refractivity contribution in [3.63, 3.8) is 0 Å². The van der Waals surface area contributed by atoms with Crippen molar-refractivity contribution in [2.75, 3.05) is 105 Å². The van der Waals surface area contributed by atoms with Crippen LogP contribution in [0.3, 0.4) is 0 Å². The van der Waals surface area contributed by atoms with Gasteiger partial charge < -0.3 is 70.4 Å². The number of aryl methyl sites for hydroxylation is 2. The van der Waals surface area contributed by atoms with Gasteiger partial charge in [0.1, 0.15) is 35.1 Å². The third kappa shape index (κ3) is 21.0. The smallest absolute Gasteiger partial charge is 0.348 e. The topological polar surface area (TPSA) is 453 Å². The molecule has 3 aliphatic heterocycles.